The van der Waals surface area contributed by atoms with Crippen LogP contribution < -0.4 is 10.1 Å². The van der Waals surface area contributed by atoms with E-state index < -0.39 is 0 Å². The van der Waals surface area contributed by atoms with Crippen molar-refractivity contribution in [3.05, 3.63) is 76.9 Å². The molecule has 0 unspecified atom stereocenters. The largest absolute Gasteiger partial charge is 0.480 e. The van der Waals surface area contributed by atoms with Gasteiger partial charge in [-0.05, 0) is 42.8 Å². The Balaban J connectivity index is 1.66. The number of aryl methyl sites for hydroxylation is 1. The maximum Gasteiger partial charge on any atom is 0.255 e. The Hall–Kier alpha value is -3.38. The fraction of sp³-hybridized carbons (Fsp3) is 0.0952. The number of anilines is 1. The number of nitrogens with zero attached hydrogens (tertiary/aromatic N) is 3. The molecule has 0 bridgehead atoms. The second-order valence-electron chi connectivity index (χ2n) is 6.30. The van der Waals surface area contributed by atoms with Gasteiger partial charge in [0.05, 0.1) is 19.0 Å². The summed E-state index contributed by atoms with van der Waals surface area (Å²) in [7, 11) is 1.57. The Morgan fingerprint density at radius 1 is 1.14 bits per heavy atom. The smallest absolute Gasteiger partial charge is 0.255 e. The summed E-state index contributed by atoms with van der Waals surface area (Å²) < 4.78 is 6.81. The van der Waals surface area contributed by atoms with E-state index in [2.05, 4.69) is 15.4 Å². The number of hydrogen-bond donors (Lipinski definition) is 1. The predicted octanol–water partition coefficient (Wildman–Crippen LogP) is 4.62. The summed E-state index contributed by atoms with van der Waals surface area (Å²) in [4.78, 5) is 17.2. The molecule has 2 aromatic heterocycles. The number of halogens is 1. The molecule has 28 heavy (non-hydrogen) atoms. The van der Waals surface area contributed by atoms with E-state index in [1.54, 1.807) is 42.0 Å². The van der Waals surface area contributed by atoms with Gasteiger partial charge in [-0.1, -0.05) is 29.8 Å². The first-order valence-electron chi connectivity index (χ1n) is 8.62. The summed E-state index contributed by atoms with van der Waals surface area (Å²) in [5.41, 5.74) is 4.49. The van der Waals surface area contributed by atoms with Crippen LogP contribution in [0.3, 0.4) is 0 Å². The highest BCUT2D eigenvalue weighted by molar-refractivity contribution is 6.31. The second-order valence-corrected chi connectivity index (χ2v) is 6.74. The van der Waals surface area contributed by atoms with Crippen molar-refractivity contribution in [1.29, 1.82) is 0 Å². The number of aromatic nitrogens is 3. The van der Waals surface area contributed by atoms with Gasteiger partial charge < -0.3 is 10.1 Å². The van der Waals surface area contributed by atoms with Gasteiger partial charge in [0.25, 0.3) is 5.91 Å². The SMILES string of the molecule is COc1ccc2nc(-c3ccc(C)c(NC(=O)c4cccc(Cl)c4)c3)cn2n1. The van der Waals surface area contributed by atoms with E-state index in [0.29, 0.717) is 27.8 Å². The van der Waals surface area contributed by atoms with Crippen LogP contribution in [0.25, 0.3) is 16.9 Å². The third-order valence-electron chi connectivity index (χ3n) is 4.37. The number of rotatable bonds is 4. The lowest BCUT2D eigenvalue weighted by Crippen LogP contribution is -2.12. The minimum Gasteiger partial charge on any atom is -0.480 e. The van der Waals surface area contributed by atoms with Crippen LogP contribution in [0.15, 0.2) is 60.8 Å². The fourth-order valence-corrected chi connectivity index (χ4v) is 3.04. The Morgan fingerprint density at radius 2 is 2.00 bits per heavy atom. The van der Waals surface area contributed by atoms with Crippen molar-refractivity contribution in [2.75, 3.05) is 12.4 Å². The maximum atomic E-state index is 12.6. The predicted molar refractivity (Wildman–Crippen MR) is 109 cm³/mol. The number of imidazole rings is 1. The number of carbonyl (C=O) groups excluding carboxylic acids is 1. The number of ether oxygens (including phenoxy) is 1. The van der Waals surface area contributed by atoms with Crippen molar-refractivity contribution in [2.45, 2.75) is 6.92 Å². The molecule has 0 aliphatic rings. The highest BCUT2D eigenvalue weighted by Gasteiger charge is 2.12. The van der Waals surface area contributed by atoms with Crippen LogP contribution in [0.4, 0.5) is 5.69 Å². The van der Waals surface area contributed by atoms with Gasteiger partial charge >= 0.3 is 0 Å². The zero-order valence-corrected chi connectivity index (χ0v) is 16.1. The third kappa shape index (κ3) is 3.54. The second kappa shape index (κ2) is 7.32. The van der Waals surface area contributed by atoms with E-state index in [1.807, 2.05) is 37.4 Å². The number of hydrogen-bond acceptors (Lipinski definition) is 4. The summed E-state index contributed by atoms with van der Waals surface area (Å²) in [5.74, 6) is 0.291. The van der Waals surface area contributed by atoms with Crippen LogP contribution in [0.5, 0.6) is 5.88 Å². The number of nitrogens with one attached hydrogen (secondary N) is 1. The lowest BCUT2D eigenvalue weighted by atomic mass is 10.1. The lowest BCUT2D eigenvalue weighted by Gasteiger charge is -2.10. The zero-order chi connectivity index (χ0) is 19.7. The molecule has 0 spiro atoms. The summed E-state index contributed by atoms with van der Waals surface area (Å²) in [6, 6.07) is 16.2. The molecule has 0 aliphatic heterocycles. The van der Waals surface area contributed by atoms with Gasteiger partial charge in [0, 0.05) is 27.9 Å². The Bertz CT molecular complexity index is 1190. The molecule has 0 aliphatic carbocycles. The first-order chi connectivity index (χ1) is 13.5. The monoisotopic (exact) mass is 392 g/mol. The van der Waals surface area contributed by atoms with Gasteiger partial charge in [0.15, 0.2) is 5.65 Å². The Kier molecular flexibility index (Phi) is 4.71. The summed E-state index contributed by atoms with van der Waals surface area (Å²) in [6.45, 7) is 1.94. The van der Waals surface area contributed by atoms with Gasteiger partial charge in [-0.2, -0.15) is 0 Å². The number of methoxy groups -OCH3 is 1. The van der Waals surface area contributed by atoms with Crippen molar-refractivity contribution in [3.63, 3.8) is 0 Å². The van der Waals surface area contributed by atoms with E-state index in [0.717, 1.165) is 16.8 Å². The lowest BCUT2D eigenvalue weighted by molar-refractivity contribution is 0.102. The van der Waals surface area contributed by atoms with Crippen LogP contribution in [0, 0.1) is 6.92 Å². The minimum absolute atomic E-state index is 0.218. The number of benzene rings is 2. The van der Waals surface area contributed by atoms with E-state index in [1.165, 1.54) is 0 Å². The van der Waals surface area contributed by atoms with Crippen molar-refractivity contribution >= 4 is 28.8 Å². The average molecular weight is 393 g/mol. The maximum absolute atomic E-state index is 12.6. The normalized spacial score (nSPS) is 10.8. The number of carbonyl (C=O) groups is 1. The van der Waals surface area contributed by atoms with E-state index in [-0.39, 0.29) is 5.91 Å². The molecule has 4 aromatic rings. The molecule has 6 nitrogen and oxygen atoms in total. The van der Waals surface area contributed by atoms with Gasteiger partial charge in [-0.25, -0.2) is 9.50 Å². The minimum atomic E-state index is -0.218. The van der Waals surface area contributed by atoms with Gasteiger partial charge in [-0.15, -0.1) is 5.10 Å². The molecule has 0 saturated carbocycles. The standard InChI is InChI=1S/C21H17ClN4O2/c1-13-6-7-14(18-12-26-19(23-18)8-9-20(25-26)28-2)11-17(13)24-21(27)15-4-3-5-16(22)10-15/h3-12H,1-2H3,(H,24,27). The summed E-state index contributed by atoms with van der Waals surface area (Å²) >= 11 is 5.98. The topological polar surface area (TPSA) is 68.5 Å². The number of amides is 1. The average Bonchev–Trinajstić information content (AvgIpc) is 3.12. The van der Waals surface area contributed by atoms with Gasteiger partial charge in [0.2, 0.25) is 5.88 Å². The number of fused-ring (bicyclic) bond motifs is 1. The van der Waals surface area contributed by atoms with Crippen LogP contribution in [-0.2, 0) is 0 Å². The van der Waals surface area contributed by atoms with Crippen molar-refractivity contribution in [3.8, 4) is 17.1 Å². The van der Waals surface area contributed by atoms with Crippen molar-refractivity contribution in [2.24, 2.45) is 0 Å². The molecule has 0 radical (unpaired) electrons. The first-order valence-corrected chi connectivity index (χ1v) is 8.99. The summed E-state index contributed by atoms with van der Waals surface area (Å²) in [6.07, 6.45) is 1.82. The highest BCUT2D eigenvalue weighted by Crippen LogP contribution is 2.26. The first kappa shape index (κ1) is 18.0. The molecule has 4 rings (SSSR count). The van der Waals surface area contributed by atoms with Crippen LogP contribution >= 0.6 is 11.6 Å². The highest BCUT2D eigenvalue weighted by atomic mass is 35.5. The molecule has 7 heteroatoms. The third-order valence-corrected chi connectivity index (χ3v) is 4.61. The molecule has 140 valence electrons. The molecule has 0 saturated heterocycles. The van der Waals surface area contributed by atoms with Crippen LogP contribution in [0.1, 0.15) is 15.9 Å². The molecular weight excluding hydrogens is 376 g/mol. The molecule has 1 N–H and O–H groups in total. The van der Waals surface area contributed by atoms with Crippen molar-refractivity contribution < 1.29 is 9.53 Å². The van der Waals surface area contributed by atoms with E-state index in [4.69, 9.17) is 16.3 Å². The van der Waals surface area contributed by atoms with E-state index >= 15 is 0 Å². The molecule has 0 fully saturated rings. The van der Waals surface area contributed by atoms with Crippen LogP contribution in [0.2, 0.25) is 5.02 Å². The van der Waals surface area contributed by atoms with Gasteiger partial charge in [0.1, 0.15) is 0 Å². The van der Waals surface area contributed by atoms with Gasteiger partial charge in [-0.3, -0.25) is 4.79 Å². The summed E-state index contributed by atoms with van der Waals surface area (Å²) in [5, 5.41) is 7.79. The molecule has 0 atom stereocenters. The fourth-order valence-electron chi connectivity index (χ4n) is 2.85. The van der Waals surface area contributed by atoms with Crippen LogP contribution in [-0.4, -0.2) is 27.6 Å². The quantitative estimate of drug-likeness (QED) is 0.550. The molecule has 2 aromatic carbocycles. The Labute approximate surface area is 166 Å². The zero-order valence-electron chi connectivity index (χ0n) is 15.3. The molecule has 1 amide bonds. The van der Waals surface area contributed by atoms with E-state index in [9.17, 15) is 4.79 Å². The molecular formula is C21H17ClN4O2. The Morgan fingerprint density at radius 3 is 2.79 bits per heavy atom. The van der Waals surface area contributed by atoms with Crippen molar-refractivity contribution in [1.82, 2.24) is 14.6 Å². The molecule has 2 heterocycles.